The number of rotatable bonds is 2. The lowest BCUT2D eigenvalue weighted by molar-refractivity contribution is -0.115. The fraction of sp³-hybridized carbons (Fsp3) is 0. The van der Waals surface area contributed by atoms with Gasteiger partial charge >= 0.3 is 0 Å². The van der Waals surface area contributed by atoms with Crippen LogP contribution >= 0.6 is 27.5 Å². The highest BCUT2D eigenvalue weighted by atomic mass is 79.9. The standard InChI is InChI=1S/C16H10BrClN2O/c17-12-7-5-10(6-8-12)15-19-14(16(21)20-15)9-11-3-1-2-4-13(11)18/h1-9H,(H,19,20,21)/b14-9-. The van der Waals surface area contributed by atoms with Crippen molar-refractivity contribution in [1.29, 1.82) is 0 Å². The van der Waals surface area contributed by atoms with Crippen LogP contribution in [0.2, 0.25) is 5.02 Å². The zero-order chi connectivity index (χ0) is 14.8. The lowest BCUT2D eigenvalue weighted by Gasteiger charge is -1.99. The van der Waals surface area contributed by atoms with Gasteiger partial charge in [0.2, 0.25) is 0 Å². The van der Waals surface area contributed by atoms with Gasteiger partial charge in [-0.2, -0.15) is 0 Å². The maximum Gasteiger partial charge on any atom is 0.275 e. The van der Waals surface area contributed by atoms with Crippen molar-refractivity contribution in [3.05, 3.63) is 74.9 Å². The van der Waals surface area contributed by atoms with Crippen LogP contribution in [0.3, 0.4) is 0 Å². The minimum absolute atomic E-state index is 0.229. The van der Waals surface area contributed by atoms with Gasteiger partial charge in [-0.3, -0.25) is 4.79 Å². The molecule has 0 saturated heterocycles. The molecule has 1 aliphatic rings. The third-order valence-corrected chi connectivity index (χ3v) is 3.88. The van der Waals surface area contributed by atoms with Crippen LogP contribution in [0.5, 0.6) is 0 Å². The quantitative estimate of drug-likeness (QED) is 0.807. The second-order valence-electron chi connectivity index (χ2n) is 4.47. The predicted octanol–water partition coefficient (Wildman–Crippen LogP) is 4.02. The number of nitrogens with zero attached hydrogens (tertiary/aromatic N) is 1. The molecule has 104 valence electrons. The number of nitrogens with one attached hydrogen (secondary N) is 1. The molecule has 2 aromatic rings. The first-order valence-corrected chi connectivity index (χ1v) is 7.43. The SMILES string of the molecule is O=C1NC(c2ccc(Br)cc2)=N/C1=C\c1ccccc1Cl. The summed E-state index contributed by atoms with van der Waals surface area (Å²) in [4.78, 5) is 16.3. The van der Waals surface area contributed by atoms with E-state index in [1.54, 1.807) is 12.1 Å². The van der Waals surface area contributed by atoms with Gasteiger partial charge in [0.25, 0.3) is 5.91 Å². The van der Waals surface area contributed by atoms with Crippen molar-refractivity contribution in [2.75, 3.05) is 0 Å². The lowest BCUT2D eigenvalue weighted by atomic mass is 10.2. The zero-order valence-electron chi connectivity index (χ0n) is 10.8. The topological polar surface area (TPSA) is 41.5 Å². The highest BCUT2D eigenvalue weighted by Crippen LogP contribution is 2.21. The Hall–Kier alpha value is -1.91. The fourth-order valence-electron chi connectivity index (χ4n) is 1.95. The average molecular weight is 362 g/mol. The van der Waals surface area contributed by atoms with Gasteiger partial charge in [0.15, 0.2) is 0 Å². The van der Waals surface area contributed by atoms with E-state index >= 15 is 0 Å². The monoisotopic (exact) mass is 360 g/mol. The second-order valence-corrected chi connectivity index (χ2v) is 5.80. The summed E-state index contributed by atoms with van der Waals surface area (Å²) in [5.41, 5.74) is 1.97. The highest BCUT2D eigenvalue weighted by Gasteiger charge is 2.21. The molecule has 0 atom stereocenters. The molecule has 0 unspecified atom stereocenters. The lowest BCUT2D eigenvalue weighted by Crippen LogP contribution is -2.24. The average Bonchev–Trinajstić information content (AvgIpc) is 2.83. The van der Waals surface area contributed by atoms with E-state index in [1.807, 2.05) is 42.5 Å². The van der Waals surface area contributed by atoms with Gasteiger partial charge in [0, 0.05) is 15.1 Å². The third kappa shape index (κ3) is 3.06. The summed E-state index contributed by atoms with van der Waals surface area (Å²) in [7, 11) is 0. The summed E-state index contributed by atoms with van der Waals surface area (Å²) in [6.07, 6.45) is 1.68. The van der Waals surface area contributed by atoms with E-state index in [0.29, 0.717) is 16.6 Å². The number of benzene rings is 2. The molecule has 1 heterocycles. The fourth-order valence-corrected chi connectivity index (χ4v) is 2.41. The van der Waals surface area contributed by atoms with Crippen molar-refractivity contribution < 1.29 is 4.79 Å². The Morgan fingerprint density at radius 2 is 1.81 bits per heavy atom. The Kier molecular flexibility index (Phi) is 3.90. The van der Waals surface area contributed by atoms with E-state index in [1.165, 1.54) is 0 Å². The summed E-state index contributed by atoms with van der Waals surface area (Å²) < 4.78 is 0.975. The van der Waals surface area contributed by atoms with Gasteiger partial charge in [-0.25, -0.2) is 4.99 Å². The van der Waals surface area contributed by atoms with Gasteiger partial charge < -0.3 is 5.32 Å². The maximum atomic E-state index is 12.0. The Bertz CT molecular complexity index is 766. The summed E-state index contributed by atoms with van der Waals surface area (Å²) in [5.74, 6) is 0.318. The van der Waals surface area contributed by atoms with E-state index in [-0.39, 0.29) is 5.91 Å². The molecule has 21 heavy (non-hydrogen) atoms. The number of aliphatic imine (C=N–C) groups is 1. The molecule has 3 nitrogen and oxygen atoms in total. The van der Waals surface area contributed by atoms with E-state index in [9.17, 15) is 4.79 Å². The molecular formula is C16H10BrClN2O. The van der Waals surface area contributed by atoms with E-state index in [4.69, 9.17) is 11.6 Å². The van der Waals surface area contributed by atoms with Crippen molar-refractivity contribution in [1.82, 2.24) is 5.32 Å². The third-order valence-electron chi connectivity index (χ3n) is 3.01. The molecule has 0 radical (unpaired) electrons. The van der Waals surface area contributed by atoms with Crippen LogP contribution in [-0.4, -0.2) is 11.7 Å². The summed E-state index contributed by atoms with van der Waals surface area (Å²) in [6.45, 7) is 0. The molecule has 0 spiro atoms. The smallest absolute Gasteiger partial charge is 0.275 e. The Morgan fingerprint density at radius 3 is 2.52 bits per heavy atom. The molecule has 3 rings (SSSR count). The number of carbonyl (C=O) groups excluding carboxylic acids is 1. The molecule has 1 amide bonds. The van der Waals surface area contributed by atoms with Crippen LogP contribution in [0.4, 0.5) is 0 Å². The van der Waals surface area contributed by atoms with E-state index in [2.05, 4.69) is 26.2 Å². The minimum Gasteiger partial charge on any atom is -0.305 e. The number of hydrogen-bond acceptors (Lipinski definition) is 2. The maximum absolute atomic E-state index is 12.0. The molecule has 5 heteroatoms. The van der Waals surface area contributed by atoms with Gasteiger partial charge in [-0.05, 0) is 29.8 Å². The van der Waals surface area contributed by atoms with Crippen LogP contribution in [0.1, 0.15) is 11.1 Å². The molecule has 1 aliphatic heterocycles. The summed E-state index contributed by atoms with van der Waals surface area (Å²) in [5, 5.41) is 3.35. The molecular weight excluding hydrogens is 352 g/mol. The molecule has 1 N–H and O–H groups in total. The highest BCUT2D eigenvalue weighted by molar-refractivity contribution is 9.10. The van der Waals surface area contributed by atoms with Gasteiger partial charge in [0.05, 0.1) is 0 Å². The number of hydrogen-bond donors (Lipinski definition) is 1. The molecule has 0 saturated carbocycles. The van der Waals surface area contributed by atoms with E-state index in [0.717, 1.165) is 15.6 Å². The summed E-state index contributed by atoms with van der Waals surface area (Å²) in [6, 6.07) is 14.9. The van der Waals surface area contributed by atoms with Crippen LogP contribution in [-0.2, 0) is 4.79 Å². The second kappa shape index (κ2) is 5.84. The van der Waals surface area contributed by atoms with Crippen molar-refractivity contribution in [2.24, 2.45) is 4.99 Å². The number of carbonyl (C=O) groups is 1. The van der Waals surface area contributed by atoms with Crippen LogP contribution in [0.15, 0.2) is 63.7 Å². The zero-order valence-corrected chi connectivity index (χ0v) is 13.1. The summed E-state index contributed by atoms with van der Waals surface area (Å²) >= 11 is 9.47. The van der Waals surface area contributed by atoms with Crippen LogP contribution in [0.25, 0.3) is 6.08 Å². The Labute approximate surface area is 135 Å². The van der Waals surface area contributed by atoms with E-state index < -0.39 is 0 Å². The van der Waals surface area contributed by atoms with Gasteiger partial charge in [-0.15, -0.1) is 0 Å². The van der Waals surface area contributed by atoms with Crippen LogP contribution in [0, 0.1) is 0 Å². The first-order chi connectivity index (χ1) is 10.1. The normalized spacial score (nSPS) is 16.0. The van der Waals surface area contributed by atoms with Crippen molar-refractivity contribution >= 4 is 45.3 Å². The largest absolute Gasteiger partial charge is 0.305 e. The predicted molar refractivity (Wildman–Crippen MR) is 88.3 cm³/mol. The first-order valence-electron chi connectivity index (χ1n) is 6.26. The number of amides is 1. The molecule has 0 aromatic heterocycles. The number of amidine groups is 1. The minimum atomic E-state index is -0.229. The Balaban J connectivity index is 1.96. The molecule has 0 fully saturated rings. The molecule has 0 bridgehead atoms. The number of halogens is 2. The van der Waals surface area contributed by atoms with Gasteiger partial charge in [-0.1, -0.05) is 57.9 Å². The first kappa shape index (κ1) is 14.0. The Morgan fingerprint density at radius 1 is 1.10 bits per heavy atom. The molecule has 2 aromatic carbocycles. The van der Waals surface area contributed by atoms with Gasteiger partial charge in [0.1, 0.15) is 11.5 Å². The van der Waals surface area contributed by atoms with Crippen LogP contribution < -0.4 is 5.32 Å². The van der Waals surface area contributed by atoms with Crippen molar-refractivity contribution in [3.8, 4) is 0 Å². The van der Waals surface area contributed by atoms with Crippen molar-refractivity contribution in [3.63, 3.8) is 0 Å². The molecule has 0 aliphatic carbocycles. The van der Waals surface area contributed by atoms with Crippen molar-refractivity contribution in [2.45, 2.75) is 0 Å².